The van der Waals surface area contributed by atoms with Crippen LogP contribution >= 0.6 is 23.2 Å². The second-order valence-electron chi connectivity index (χ2n) is 5.50. The largest absolute Gasteiger partial charge is 0.479 e. The third kappa shape index (κ3) is 4.67. The lowest BCUT2D eigenvalue weighted by atomic mass is 10.1. The first kappa shape index (κ1) is 18.9. The first-order chi connectivity index (χ1) is 13.1. The Bertz CT molecular complexity index is 944. The van der Waals surface area contributed by atoms with Crippen LogP contribution in [0.2, 0.25) is 10.0 Å². The number of rotatable bonds is 6. The summed E-state index contributed by atoms with van der Waals surface area (Å²) in [4.78, 5) is 12.8. The molecule has 6 nitrogen and oxygen atoms in total. The van der Waals surface area contributed by atoms with Gasteiger partial charge in [-0.15, -0.1) is 0 Å². The molecule has 3 aromatic rings. The Hall–Kier alpha value is -2.83. The Balaban J connectivity index is 1.93. The van der Waals surface area contributed by atoms with E-state index in [1.165, 1.54) is 7.11 Å². The van der Waals surface area contributed by atoms with Gasteiger partial charge in [0.2, 0.25) is 11.8 Å². The number of hydrogen-bond acceptors (Lipinski definition) is 6. The lowest BCUT2D eigenvalue weighted by molar-refractivity contribution is 0.399. The summed E-state index contributed by atoms with van der Waals surface area (Å²) in [6.45, 7) is 0. The van der Waals surface area contributed by atoms with Gasteiger partial charge in [-0.2, -0.15) is 9.97 Å². The topological polar surface area (TPSA) is 85.4 Å². The van der Waals surface area contributed by atoms with Crippen LogP contribution in [-0.4, -0.2) is 23.3 Å². The van der Waals surface area contributed by atoms with Crippen LogP contribution in [-0.2, 0) is 6.42 Å². The molecule has 8 heteroatoms. The number of aliphatic imine (C=N–C) groups is 1. The number of ether oxygens (including phenoxy) is 1. The Morgan fingerprint density at radius 2 is 1.78 bits per heavy atom. The Morgan fingerprint density at radius 3 is 2.44 bits per heavy atom. The quantitative estimate of drug-likeness (QED) is 0.563. The highest BCUT2D eigenvalue weighted by Gasteiger charge is 2.14. The van der Waals surface area contributed by atoms with E-state index in [-0.39, 0.29) is 11.8 Å². The number of benzene rings is 2. The maximum absolute atomic E-state index is 6.20. The second kappa shape index (κ2) is 8.70. The zero-order chi connectivity index (χ0) is 19.2. The van der Waals surface area contributed by atoms with Crippen molar-refractivity contribution >= 4 is 52.6 Å². The Morgan fingerprint density at radius 1 is 1.07 bits per heavy atom. The first-order valence-electron chi connectivity index (χ1n) is 8.07. The molecule has 0 saturated heterocycles. The number of nitrogens with two attached hydrogens (primary N) is 1. The molecule has 0 atom stereocenters. The number of methoxy groups -OCH3 is 1. The Labute approximate surface area is 167 Å². The summed E-state index contributed by atoms with van der Waals surface area (Å²) in [5.41, 5.74) is 7.84. The van der Waals surface area contributed by atoms with Crippen molar-refractivity contribution in [1.29, 1.82) is 0 Å². The number of nitrogens with zero attached hydrogens (tertiary/aromatic N) is 3. The van der Waals surface area contributed by atoms with E-state index >= 15 is 0 Å². The van der Waals surface area contributed by atoms with Crippen molar-refractivity contribution in [3.05, 3.63) is 64.1 Å². The zero-order valence-electron chi connectivity index (χ0n) is 14.5. The summed E-state index contributed by atoms with van der Waals surface area (Å²) in [5, 5.41) is 4.34. The van der Waals surface area contributed by atoms with Crippen molar-refractivity contribution in [2.24, 2.45) is 4.99 Å². The van der Waals surface area contributed by atoms with Crippen LogP contribution in [0.5, 0.6) is 5.88 Å². The van der Waals surface area contributed by atoms with Gasteiger partial charge < -0.3 is 15.8 Å². The molecule has 0 aliphatic carbocycles. The van der Waals surface area contributed by atoms with Crippen molar-refractivity contribution in [3.63, 3.8) is 0 Å². The van der Waals surface area contributed by atoms with Crippen LogP contribution in [0, 0.1) is 0 Å². The first-order valence-corrected chi connectivity index (χ1v) is 8.83. The van der Waals surface area contributed by atoms with Gasteiger partial charge >= 0.3 is 0 Å². The van der Waals surface area contributed by atoms with Gasteiger partial charge in [0, 0.05) is 28.4 Å². The maximum Gasteiger partial charge on any atom is 0.246 e. The van der Waals surface area contributed by atoms with Gasteiger partial charge in [0.15, 0.2) is 11.5 Å². The number of halogens is 2. The summed E-state index contributed by atoms with van der Waals surface area (Å²) in [6, 6.07) is 14.9. The van der Waals surface area contributed by atoms with E-state index in [0.717, 1.165) is 11.3 Å². The van der Waals surface area contributed by atoms with Crippen molar-refractivity contribution in [2.45, 2.75) is 6.42 Å². The van der Waals surface area contributed by atoms with E-state index in [2.05, 4.69) is 20.3 Å². The van der Waals surface area contributed by atoms with E-state index in [1.807, 2.05) is 30.3 Å². The third-order valence-electron chi connectivity index (χ3n) is 3.68. The molecule has 3 N–H and O–H groups in total. The minimum Gasteiger partial charge on any atom is -0.479 e. The molecule has 0 fully saturated rings. The molecule has 0 radical (unpaired) electrons. The fourth-order valence-corrected chi connectivity index (χ4v) is 2.96. The monoisotopic (exact) mass is 401 g/mol. The lowest BCUT2D eigenvalue weighted by Crippen LogP contribution is -2.03. The molecular weight excluding hydrogens is 385 g/mol. The standard InChI is InChI=1S/C19H17Cl2N5O/c1-27-18-16(23-11-10-13-14(20)8-5-9-15(13)21)17(25-19(22)26-18)24-12-6-3-2-4-7-12/h2-9,11H,10H2,1H3,(H3,22,24,25,26). The van der Waals surface area contributed by atoms with E-state index in [1.54, 1.807) is 24.4 Å². The van der Waals surface area contributed by atoms with Crippen LogP contribution in [0.3, 0.4) is 0 Å². The number of para-hydroxylation sites is 1. The second-order valence-corrected chi connectivity index (χ2v) is 6.31. The van der Waals surface area contributed by atoms with Crippen molar-refractivity contribution in [1.82, 2.24) is 9.97 Å². The average molecular weight is 402 g/mol. The summed E-state index contributed by atoms with van der Waals surface area (Å²) in [5.74, 6) is 0.785. The SMILES string of the molecule is COc1nc(N)nc(Nc2ccccc2)c1N=CCc1c(Cl)cccc1Cl. The number of anilines is 3. The molecule has 27 heavy (non-hydrogen) atoms. The van der Waals surface area contributed by atoms with E-state index in [9.17, 15) is 0 Å². The predicted molar refractivity (Wildman–Crippen MR) is 111 cm³/mol. The number of aromatic nitrogens is 2. The summed E-state index contributed by atoms with van der Waals surface area (Å²) >= 11 is 12.4. The third-order valence-corrected chi connectivity index (χ3v) is 4.38. The van der Waals surface area contributed by atoms with Crippen LogP contribution in [0.1, 0.15) is 5.56 Å². The lowest BCUT2D eigenvalue weighted by Gasteiger charge is -2.11. The van der Waals surface area contributed by atoms with Crippen LogP contribution in [0.15, 0.2) is 53.5 Å². The molecule has 1 aromatic heterocycles. The number of nitrogens with one attached hydrogen (secondary N) is 1. The van der Waals surface area contributed by atoms with Crippen molar-refractivity contribution in [3.8, 4) is 5.88 Å². The van der Waals surface area contributed by atoms with Crippen molar-refractivity contribution in [2.75, 3.05) is 18.2 Å². The van der Waals surface area contributed by atoms with Gasteiger partial charge in [0.1, 0.15) is 0 Å². The molecule has 1 heterocycles. The number of nitrogen functional groups attached to an aromatic ring is 1. The molecule has 0 amide bonds. The van der Waals surface area contributed by atoms with Gasteiger partial charge in [-0.25, -0.2) is 0 Å². The predicted octanol–water partition coefficient (Wildman–Crippen LogP) is 5.06. The van der Waals surface area contributed by atoms with Gasteiger partial charge in [0.05, 0.1) is 7.11 Å². The molecule has 0 unspecified atom stereocenters. The van der Waals surface area contributed by atoms with Crippen LogP contribution < -0.4 is 15.8 Å². The molecule has 2 aromatic carbocycles. The summed E-state index contributed by atoms with van der Waals surface area (Å²) in [7, 11) is 1.50. The van der Waals surface area contributed by atoms with Crippen LogP contribution in [0.4, 0.5) is 23.1 Å². The molecule has 0 aliphatic heterocycles. The molecule has 0 bridgehead atoms. The molecular formula is C19H17Cl2N5O. The summed E-state index contributed by atoms with van der Waals surface area (Å²) < 4.78 is 5.32. The minimum absolute atomic E-state index is 0.0818. The van der Waals surface area contributed by atoms with Gasteiger partial charge in [-0.3, -0.25) is 4.99 Å². The van der Waals surface area contributed by atoms with Crippen LogP contribution in [0.25, 0.3) is 0 Å². The van der Waals surface area contributed by atoms with Gasteiger partial charge in [-0.05, 0) is 29.8 Å². The fraction of sp³-hybridized carbons (Fsp3) is 0.105. The van der Waals surface area contributed by atoms with Gasteiger partial charge in [0.25, 0.3) is 0 Å². The normalized spacial score (nSPS) is 10.9. The molecule has 0 spiro atoms. The van der Waals surface area contributed by atoms with Crippen molar-refractivity contribution < 1.29 is 4.74 Å². The van der Waals surface area contributed by atoms with E-state index in [0.29, 0.717) is 28.0 Å². The highest BCUT2D eigenvalue weighted by molar-refractivity contribution is 6.36. The minimum atomic E-state index is 0.0818. The average Bonchev–Trinajstić information content (AvgIpc) is 2.66. The zero-order valence-corrected chi connectivity index (χ0v) is 16.0. The molecule has 0 saturated carbocycles. The fourth-order valence-electron chi connectivity index (χ4n) is 2.41. The maximum atomic E-state index is 6.20. The smallest absolute Gasteiger partial charge is 0.246 e. The summed E-state index contributed by atoms with van der Waals surface area (Å²) in [6.07, 6.45) is 2.12. The highest BCUT2D eigenvalue weighted by atomic mass is 35.5. The van der Waals surface area contributed by atoms with E-state index in [4.69, 9.17) is 33.7 Å². The molecule has 3 rings (SSSR count). The Kier molecular flexibility index (Phi) is 6.11. The van der Waals surface area contributed by atoms with Gasteiger partial charge in [-0.1, -0.05) is 47.5 Å². The molecule has 0 aliphatic rings. The molecule has 138 valence electrons. The highest BCUT2D eigenvalue weighted by Crippen LogP contribution is 2.35. The van der Waals surface area contributed by atoms with E-state index < -0.39 is 0 Å². The number of hydrogen-bond donors (Lipinski definition) is 2.